The number of nitrogens with two attached hydrogens (primary N) is 1. The molecule has 1 aliphatic heterocycles. The van der Waals surface area contributed by atoms with Crippen molar-refractivity contribution in [3.8, 4) is 6.07 Å². The second kappa shape index (κ2) is 23.5. The minimum Gasteiger partial charge on any atom is -0.464 e. The van der Waals surface area contributed by atoms with Crippen LogP contribution in [0.15, 0.2) is 18.5 Å². The number of nitrogens with zero attached hydrogens (tertiary/aromatic N) is 4. The minimum atomic E-state index is -4.25. The number of anilines is 1. The molecule has 6 atom stereocenters. The molecule has 0 radical (unpaired) electrons. The fraction of sp³-hybridized carbons (Fsp3) is 0.795. The summed E-state index contributed by atoms with van der Waals surface area (Å²) in [6.45, 7) is 10.0. The smallest absolute Gasteiger partial charge is 0.406 e. The number of hydrogen-bond donors (Lipinski definition) is 4. The van der Waals surface area contributed by atoms with Gasteiger partial charge in [-0.3, -0.25) is 13.8 Å². The zero-order valence-electron chi connectivity index (χ0n) is 33.7. The van der Waals surface area contributed by atoms with Gasteiger partial charge in [-0.15, -0.1) is 0 Å². The Morgan fingerprint density at radius 1 is 1.00 bits per heavy atom. The summed E-state index contributed by atoms with van der Waals surface area (Å²) < 4.78 is 43.9. The van der Waals surface area contributed by atoms with Crippen molar-refractivity contribution >= 4 is 25.1 Å². The number of aromatic nitrogens is 3. The van der Waals surface area contributed by atoms with Crippen LogP contribution in [0.3, 0.4) is 0 Å². The highest BCUT2D eigenvalue weighted by Gasteiger charge is 2.58. The van der Waals surface area contributed by atoms with Gasteiger partial charge in [-0.2, -0.15) is 10.4 Å². The highest BCUT2D eigenvalue weighted by molar-refractivity contribution is 7.51. The molecule has 0 aromatic carbocycles. The van der Waals surface area contributed by atoms with E-state index in [9.17, 15) is 24.8 Å². The van der Waals surface area contributed by atoms with Crippen LogP contribution in [0.5, 0.6) is 0 Å². The maximum absolute atomic E-state index is 14.0. The number of ether oxygens (including phenoxy) is 3. The summed E-state index contributed by atoms with van der Waals surface area (Å²) in [6.07, 6.45) is 14.9. The van der Waals surface area contributed by atoms with Gasteiger partial charge in [0.05, 0.1) is 25.5 Å². The van der Waals surface area contributed by atoms with Gasteiger partial charge in [0.15, 0.2) is 5.82 Å². The van der Waals surface area contributed by atoms with Crippen molar-refractivity contribution in [3.05, 3.63) is 24.2 Å². The van der Waals surface area contributed by atoms with E-state index in [1.807, 2.05) is 26.8 Å². The normalized spacial score (nSPS) is 21.7. The second-order valence-electron chi connectivity index (χ2n) is 15.8. The number of rotatable bonds is 28. The van der Waals surface area contributed by atoms with Gasteiger partial charge < -0.3 is 30.2 Å². The number of aliphatic hydroxyl groups excluding tert-OH is 2. The molecule has 1 saturated heterocycles. The summed E-state index contributed by atoms with van der Waals surface area (Å²) in [5, 5.41) is 39.1. The van der Waals surface area contributed by atoms with Crippen molar-refractivity contribution in [2.45, 2.75) is 161 Å². The fourth-order valence-corrected chi connectivity index (χ4v) is 7.90. The first-order valence-electron chi connectivity index (χ1n) is 20.2. The topological polar surface area (TPSA) is 213 Å². The summed E-state index contributed by atoms with van der Waals surface area (Å²) in [5.74, 6) is -0.516. The number of nitriles is 1. The Bertz CT molecular complexity index is 1510. The second-order valence-corrected chi connectivity index (χ2v) is 17.6. The number of hydrogen-bond acceptors (Lipinski definition) is 13. The lowest BCUT2D eigenvalue weighted by molar-refractivity contribution is -0.148. The highest BCUT2D eigenvalue weighted by atomic mass is 31.2. The molecule has 16 heteroatoms. The summed E-state index contributed by atoms with van der Waals surface area (Å²) in [5.41, 5.74) is 4.06. The molecule has 1 aliphatic rings. The molecule has 0 spiro atoms. The third kappa shape index (κ3) is 15.0. The van der Waals surface area contributed by atoms with Gasteiger partial charge in [-0.25, -0.2) is 19.2 Å². The molecule has 0 aliphatic carbocycles. The molecule has 3 heterocycles. The van der Waals surface area contributed by atoms with E-state index in [1.54, 1.807) is 6.07 Å². The number of carbonyl (C=O) groups excluding carboxylic acids is 1. The van der Waals surface area contributed by atoms with E-state index in [0.717, 1.165) is 12.8 Å². The van der Waals surface area contributed by atoms with E-state index in [0.29, 0.717) is 25.2 Å². The molecule has 0 saturated carbocycles. The Kier molecular flexibility index (Phi) is 20.0. The molecule has 312 valence electrons. The number of nitrogen functional groups attached to an aromatic ring is 1. The summed E-state index contributed by atoms with van der Waals surface area (Å²) in [4.78, 5) is 16.7. The number of aliphatic hydroxyl groups is 2. The van der Waals surface area contributed by atoms with Gasteiger partial charge >= 0.3 is 13.7 Å². The quantitative estimate of drug-likeness (QED) is 0.0399. The predicted molar refractivity (Wildman–Crippen MR) is 210 cm³/mol. The van der Waals surface area contributed by atoms with Crippen LogP contribution in [0.1, 0.15) is 137 Å². The average molecular weight is 795 g/mol. The highest BCUT2D eigenvalue weighted by Crippen LogP contribution is 2.47. The van der Waals surface area contributed by atoms with E-state index in [2.05, 4.69) is 22.1 Å². The molecule has 2 aromatic rings. The van der Waals surface area contributed by atoms with E-state index < -0.39 is 50.3 Å². The van der Waals surface area contributed by atoms with Crippen molar-refractivity contribution in [2.75, 3.05) is 38.8 Å². The van der Waals surface area contributed by atoms with Crippen LogP contribution in [0.4, 0.5) is 5.82 Å². The molecular weight excluding hydrogens is 727 g/mol. The zero-order valence-corrected chi connectivity index (χ0v) is 34.6. The van der Waals surface area contributed by atoms with Gasteiger partial charge in [0.1, 0.15) is 42.3 Å². The first-order valence-corrected chi connectivity index (χ1v) is 21.8. The summed E-state index contributed by atoms with van der Waals surface area (Å²) >= 11 is 0. The van der Waals surface area contributed by atoms with Crippen molar-refractivity contribution in [3.63, 3.8) is 0 Å². The number of unbranched alkanes of at least 4 members (excludes halogenated alkanes) is 13. The predicted octanol–water partition coefficient (Wildman–Crippen LogP) is 6.75. The van der Waals surface area contributed by atoms with Crippen LogP contribution in [-0.4, -0.2) is 88.2 Å². The molecule has 2 aromatic heterocycles. The Balaban J connectivity index is 1.46. The van der Waals surface area contributed by atoms with E-state index >= 15 is 0 Å². The molecule has 0 bridgehead atoms. The first kappa shape index (κ1) is 46.7. The van der Waals surface area contributed by atoms with Crippen molar-refractivity contribution in [1.29, 1.82) is 5.26 Å². The molecule has 0 amide bonds. The minimum absolute atomic E-state index is 0.0249. The molecule has 3 rings (SSSR count). The van der Waals surface area contributed by atoms with Gasteiger partial charge in [-0.1, -0.05) is 111 Å². The monoisotopic (exact) mass is 794 g/mol. The SMILES string of the molecule is CCCCCCCCCCCCCCCCOCCCO[P@@](=O)(N[C@@H](C)C(=O)OCC(C)(C)C)OC[C@H]1O[C@@](C#N)(c2ccc3c(N)ncnn23)[C@H](O)[C@@H]1O. The molecule has 55 heavy (non-hydrogen) atoms. The van der Waals surface area contributed by atoms with Gasteiger partial charge in [-0.05, 0) is 37.3 Å². The first-order chi connectivity index (χ1) is 26.3. The molecule has 15 nitrogen and oxygen atoms in total. The van der Waals surface area contributed by atoms with E-state index in [1.165, 1.54) is 101 Å². The lowest BCUT2D eigenvalue weighted by atomic mass is 9.92. The number of carbonyl (C=O) groups is 1. The van der Waals surface area contributed by atoms with Crippen molar-refractivity contribution in [2.24, 2.45) is 5.41 Å². The maximum Gasteiger partial charge on any atom is 0.406 e. The zero-order chi connectivity index (χ0) is 40.3. The van der Waals surface area contributed by atoms with Crippen LogP contribution in [0.25, 0.3) is 5.52 Å². The van der Waals surface area contributed by atoms with E-state index in [-0.39, 0.29) is 30.1 Å². The largest absolute Gasteiger partial charge is 0.464 e. The van der Waals surface area contributed by atoms with Crippen molar-refractivity contribution in [1.82, 2.24) is 19.7 Å². The standard InChI is InChI=1S/C39H67N6O9P/c1-6-7-8-9-10-11-12-13-14-15-16-17-18-19-23-50-24-20-25-52-55(49,44-30(2)37(48)51-28-38(3,4)5)53-26-32-34(46)35(47)39(27-40,54-32)33-22-21-31-36(41)42-29-43-45(31)33/h21-22,29-30,32,34-35,46-47H,6-20,23-26,28H2,1-5H3,(H,44,49)(H2,41,42,43)/t30-,32+,34+,35+,39-,55-/m0/s1. The number of esters is 1. The van der Waals surface area contributed by atoms with E-state index in [4.69, 9.17) is 29.0 Å². The summed E-state index contributed by atoms with van der Waals surface area (Å²) in [7, 11) is -4.25. The third-order valence-corrected chi connectivity index (χ3v) is 11.3. The number of fused-ring (bicyclic) bond motifs is 1. The third-order valence-electron chi connectivity index (χ3n) is 9.58. The fourth-order valence-electron chi connectivity index (χ4n) is 6.38. The van der Waals surface area contributed by atoms with Crippen LogP contribution >= 0.6 is 7.75 Å². The Morgan fingerprint density at radius 2 is 1.60 bits per heavy atom. The molecular formula is C39H67N6O9P. The number of nitrogens with one attached hydrogen (secondary N) is 1. The molecule has 5 N–H and O–H groups in total. The average Bonchev–Trinajstić information content (AvgIpc) is 3.70. The Morgan fingerprint density at radius 3 is 2.20 bits per heavy atom. The molecule has 1 fully saturated rings. The van der Waals surface area contributed by atoms with Crippen LogP contribution < -0.4 is 10.8 Å². The Hall–Kier alpha value is -2.67. The van der Waals surface area contributed by atoms with Crippen molar-refractivity contribution < 1.29 is 42.8 Å². The maximum atomic E-state index is 14.0. The van der Waals surface area contributed by atoms with Crippen LogP contribution in [-0.2, 0) is 38.2 Å². The van der Waals surface area contributed by atoms with Crippen LogP contribution in [0, 0.1) is 16.7 Å². The van der Waals surface area contributed by atoms with Crippen LogP contribution in [0.2, 0.25) is 0 Å². The van der Waals surface area contributed by atoms with Gasteiger partial charge in [0.25, 0.3) is 0 Å². The molecule has 0 unspecified atom stereocenters. The summed E-state index contributed by atoms with van der Waals surface area (Å²) in [6, 6.07) is 3.93. The lowest BCUT2D eigenvalue weighted by Gasteiger charge is -2.26. The lowest BCUT2D eigenvalue weighted by Crippen LogP contribution is -2.41. The van der Waals surface area contributed by atoms with Gasteiger partial charge in [0.2, 0.25) is 5.60 Å². The van der Waals surface area contributed by atoms with Gasteiger partial charge in [0, 0.05) is 13.2 Å². The Labute approximate surface area is 327 Å².